The van der Waals surface area contributed by atoms with Crippen molar-refractivity contribution in [3.8, 4) is 0 Å². The van der Waals surface area contributed by atoms with Gasteiger partial charge in [-0.2, -0.15) is 13.2 Å². The van der Waals surface area contributed by atoms with E-state index in [2.05, 4.69) is 0 Å². The Balaban J connectivity index is 2.25. The third kappa shape index (κ3) is 2.16. The van der Waals surface area contributed by atoms with Gasteiger partial charge >= 0.3 is 6.18 Å². The molecule has 0 aliphatic heterocycles. The van der Waals surface area contributed by atoms with E-state index in [1.807, 2.05) is 30.3 Å². The van der Waals surface area contributed by atoms with Gasteiger partial charge in [0.2, 0.25) is 0 Å². The zero-order valence-electron chi connectivity index (χ0n) is 11.3. The van der Waals surface area contributed by atoms with Gasteiger partial charge in [-0.3, -0.25) is 0 Å². The molecule has 4 heteroatoms. The Kier molecular flexibility index (Phi) is 2.95. The van der Waals surface area contributed by atoms with Crippen LogP contribution in [0.2, 0.25) is 0 Å². The van der Waals surface area contributed by atoms with E-state index in [4.69, 9.17) is 0 Å². The van der Waals surface area contributed by atoms with Gasteiger partial charge in [-0.25, -0.2) is 0 Å². The van der Waals surface area contributed by atoms with Crippen LogP contribution in [0.4, 0.5) is 13.2 Å². The second-order valence-corrected chi connectivity index (χ2v) is 5.29. The van der Waals surface area contributed by atoms with Crippen molar-refractivity contribution in [2.45, 2.75) is 18.7 Å². The predicted molar refractivity (Wildman–Crippen MR) is 77.1 cm³/mol. The largest absolute Gasteiger partial charge is 0.421 e. The molecule has 0 aromatic heterocycles. The number of halogens is 3. The molecule has 1 N–H and O–H groups in total. The molecular weight excluding hydrogens is 277 g/mol. The van der Waals surface area contributed by atoms with Crippen molar-refractivity contribution in [2.75, 3.05) is 0 Å². The van der Waals surface area contributed by atoms with Crippen LogP contribution in [0.15, 0.2) is 54.6 Å². The van der Waals surface area contributed by atoms with Crippen LogP contribution in [-0.4, -0.2) is 11.3 Å². The molecular formula is C17H13F3O. The maximum atomic E-state index is 12.9. The number of alkyl halides is 3. The van der Waals surface area contributed by atoms with Crippen LogP contribution in [0.25, 0.3) is 21.5 Å². The Morgan fingerprint density at radius 3 is 2.14 bits per heavy atom. The van der Waals surface area contributed by atoms with Crippen molar-refractivity contribution in [1.29, 1.82) is 0 Å². The Morgan fingerprint density at radius 2 is 1.43 bits per heavy atom. The van der Waals surface area contributed by atoms with Crippen molar-refractivity contribution >= 4 is 21.5 Å². The fourth-order valence-corrected chi connectivity index (χ4v) is 2.48. The molecule has 1 unspecified atom stereocenters. The standard InChI is InChI=1S/C17H13F3O/c1-16(21,17(18,19)20)13-8-9-15-12(10-13)7-6-11-4-2-3-5-14(11)15/h2-10,21H,1H3. The first-order valence-corrected chi connectivity index (χ1v) is 6.52. The number of hydrogen-bond donors (Lipinski definition) is 1. The maximum Gasteiger partial charge on any atom is 0.421 e. The van der Waals surface area contributed by atoms with Crippen LogP contribution in [0, 0.1) is 0 Å². The summed E-state index contributed by atoms with van der Waals surface area (Å²) in [6.45, 7) is 0.773. The molecule has 0 saturated carbocycles. The summed E-state index contributed by atoms with van der Waals surface area (Å²) in [5, 5.41) is 13.3. The highest BCUT2D eigenvalue weighted by Crippen LogP contribution is 2.39. The van der Waals surface area contributed by atoms with Gasteiger partial charge in [0.15, 0.2) is 5.60 Å². The Bertz CT molecular complexity index is 819. The van der Waals surface area contributed by atoms with Crippen molar-refractivity contribution in [2.24, 2.45) is 0 Å². The summed E-state index contributed by atoms with van der Waals surface area (Å²) < 4.78 is 38.8. The zero-order chi connectivity index (χ0) is 15.3. The zero-order valence-corrected chi connectivity index (χ0v) is 11.3. The van der Waals surface area contributed by atoms with E-state index in [9.17, 15) is 18.3 Å². The van der Waals surface area contributed by atoms with Gasteiger partial charge in [0.25, 0.3) is 0 Å². The number of benzene rings is 3. The molecule has 0 aliphatic carbocycles. The van der Waals surface area contributed by atoms with Crippen LogP contribution >= 0.6 is 0 Å². The highest BCUT2D eigenvalue weighted by atomic mass is 19.4. The molecule has 3 aromatic rings. The Hall–Kier alpha value is -2.07. The molecule has 0 heterocycles. The number of fused-ring (bicyclic) bond motifs is 3. The lowest BCUT2D eigenvalue weighted by Crippen LogP contribution is -2.39. The van der Waals surface area contributed by atoms with Gasteiger partial charge in [0.05, 0.1) is 0 Å². The van der Waals surface area contributed by atoms with Gasteiger partial charge in [0, 0.05) is 0 Å². The molecule has 21 heavy (non-hydrogen) atoms. The first-order valence-electron chi connectivity index (χ1n) is 6.52. The van der Waals surface area contributed by atoms with Crippen molar-refractivity contribution in [3.05, 3.63) is 60.2 Å². The topological polar surface area (TPSA) is 20.2 Å². The lowest BCUT2D eigenvalue weighted by Gasteiger charge is -2.27. The predicted octanol–water partition coefficient (Wildman–Crippen LogP) is 4.76. The van der Waals surface area contributed by atoms with Gasteiger partial charge < -0.3 is 5.11 Å². The average molecular weight is 290 g/mol. The summed E-state index contributed by atoms with van der Waals surface area (Å²) in [6, 6.07) is 15.7. The van der Waals surface area contributed by atoms with Gasteiger partial charge in [-0.15, -0.1) is 0 Å². The molecule has 0 amide bonds. The minimum Gasteiger partial charge on any atom is -0.376 e. The molecule has 0 spiro atoms. The quantitative estimate of drug-likeness (QED) is 0.640. The van der Waals surface area contributed by atoms with E-state index in [1.165, 1.54) is 12.1 Å². The number of hydrogen-bond acceptors (Lipinski definition) is 1. The molecule has 3 aromatic carbocycles. The summed E-state index contributed by atoms with van der Waals surface area (Å²) in [5.41, 5.74) is -3.01. The van der Waals surface area contributed by atoms with Crippen molar-refractivity contribution in [3.63, 3.8) is 0 Å². The maximum absolute atomic E-state index is 12.9. The summed E-state index contributed by atoms with van der Waals surface area (Å²) in [7, 11) is 0. The van der Waals surface area contributed by atoms with Gasteiger partial charge in [-0.1, -0.05) is 48.5 Å². The number of rotatable bonds is 1. The second kappa shape index (κ2) is 4.46. The number of aliphatic hydroxyl groups is 1. The third-order valence-corrected chi connectivity index (χ3v) is 3.86. The second-order valence-electron chi connectivity index (χ2n) is 5.29. The smallest absolute Gasteiger partial charge is 0.376 e. The SMILES string of the molecule is CC(O)(c1ccc2c(ccc3ccccc32)c1)C(F)(F)F. The summed E-state index contributed by atoms with van der Waals surface area (Å²) in [4.78, 5) is 0. The van der Waals surface area contributed by atoms with Gasteiger partial charge in [0.1, 0.15) is 0 Å². The molecule has 0 fully saturated rings. The summed E-state index contributed by atoms with van der Waals surface area (Å²) in [5.74, 6) is 0. The molecule has 108 valence electrons. The highest BCUT2D eigenvalue weighted by molar-refractivity contribution is 6.07. The molecule has 0 aliphatic rings. The first kappa shape index (κ1) is 13.9. The normalized spacial score (nSPS) is 15.3. The average Bonchev–Trinajstić information content (AvgIpc) is 2.45. The fraction of sp³-hybridized carbons (Fsp3) is 0.176. The highest BCUT2D eigenvalue weighted by Gasteiger charge is 2.51. The van der Waals surface area contributed by atoms with E-state index < -0.39 is 11.8 Å². The van der Waals surface area contributed by atoms with E-state index in [1.54, 1.807) is 12.1 Å². The van der Waals surface area contributed by atoms with E-state index in [0.29, 0.717) is 5.39 Å². The van der Waals surface area contributed by atoms with Crippen LogP contribution in [0.1, 0.15) is 12.5 Å². The van der Waals surface area contributed by atoms with Crippen molar-refractivity contribution in [1.82, 2.24) is 0 Å². The lowest BCUT2D eigenvalue weighted by atomic mass is 9.92. The van der Waals surface area contributed by atoms with Crippen molar-refractivity contribution < 1.29 is 18.3 Å². The molecule has 1 atom stereocenters. The molecule has 0 radical (unpaired) electrons. The third-order valence-electron chi connectivity index (χ3n) is 3.86. The van der Waals surface area contributed by atoms with Crippen LogP contribution in [0.5, 0.6) is 0 Å². The van der Waals surface area contributed by atoms with E-state index in [0.717, 1.165) is 23.1 Å². The van der Waals surface area contributed by atoms with E-state index >= 15 is 0 Å². The molecule has 0 bridgehead atoms. The molecule has 3 rings (SSSR count). The summed E-state index contributed by atoms with van der Waals surface area (Å²) >= 11 is 0. The fourth-order valence-electron chi connectivity index (χ4n) is 2.48. The van der Waals surface area contributed by atoms with Crippen LogP contribution in [-0.2, 0) is 5.60 Å². The Labute approximate surface area is 119 Å². The first-order chi connectivity index (χ1) is 9.80. The van der Waals surface area contributed by atoms with Crippen LogP contribution in [0.3, 0.4) is 0 Å². The minimum absolute atomic E-state index is 0.155. The molecule has 1 nitrogen and oxygen atoms in total. The van der Waals surface area contributed by atoms with Crippen LogP contribution < -0.4 is 0 Å². The lowest BCUT2D eigenvalue weighted by molar-refractivity contribution is -0.258. The molecule has 0 saturated heterocycles. The monoisotopic (exact) mass is 290 g/mol. The minimum atomic E-state index is -4.71. The summed E-state index contributed by atoms with van der Waals surface area (Å²) in [6.07, 6.45) is -4.71. The Morgan fingerprint density at radius 1 is 0.810 bits per heavy atom. The van der Waals surface area contributed by atoms with E-state index in [-0.39, 0.29) is 5.56 Å². The van der Waals surface area contributed by atoms with Gasteiger partial charge in [-0.05, 0) is 40.1 Å².